The van der Waals surface area contributed by atoms with Crippen molar-refractivity contribution in [1.29, 1.82) is 0 Å². The van der Waals surface area contributed by atoms with Crippen molar-refractivity contribution in [2.24, 2.45) is 0 Å². The number of carboxylic acids is 1. The van der Waals surface area contributed by atoms with E-state index in [0.29, 0.717) is 12.2 Å². The molecular formula is C34H29N3O4. The minimum absolute atomic E-state index is 0.611. The predicted octanol–water partition coefficient (Wildman–Crippen LogP) is 6.43. The standard InChI is InChI=1S/C34H29N3O4/c1-20-15-24-16-21(5-6-22-17-35-19-36-18-22)7-8-25(24)30(28(20)32(33(38)39)41-34(2,3)4)26-9-10-27-29-23(12-14-40-27)11-13-37-31(26)29/h7-11,13,15-19,32H,12,14H2,1-4H3,(H,38,39)/t32-/m0/s1. The van der Waals surface area contributed by atoms with Crippen molar-refractivity contribution in [2.75, 3.05) is 6.61 Å². The first-order chi connectivity index (χ1) is 19.7. The number of nitrogens with zero attached hydrogens (tertiary/aromatic N) is 3. The summed E-state index contributed by atoms with van der Waals surface area (Å²) in [6, 6.07) is 13.9. The zero-order valence-corrected chi connectivity index (χ0v) is 23.4. The van der Waals surface area contributed by atoms with Crippen LogP contribution in [0, 0.1) is 18.8 Å². The zero-order valence-electron chi connectivity index (χ0n) is 23.4. The van der Waals surface area contributed by atoms with Gasteiger partial charge in [0.25, 0.3) is 0 Å². The van der Waals surface area contributed by atoms with E-state index in [0.717, 1.165) is 61.7 Å². The Kier molecular flexibility index (Phi) is 6.64. The number of aromatic nitrogens is 3. The van der Waals surface area contributed by atoms with Crippen molar-refractivity contribution in [3.05, 3.63) is 95.2 Å². The smallest absolute Gasteiger partial charge is 0.337 e. The highest BCUT2D eigenvalue weighted by Gasteiger charge is 2.32. The van der Waals surface area contributed by atoms with Gasteiger partial charge in [-0.2, -0.15) is 0 Å². The lowest BCUT2D eigenvalue weighted by Gasteiger charge is -2.29. The summed E-state index contributed by atoms with van der Waals surface area (Å²) >= 11 is 0. The van der Waals surface area contributed by atoms with Gasteiger partial charge >= 0.3 is 5.97 Å². The first-order valence-electron chi connectivity index (χ1n) is 13.5. The topological polar surface area (TPSA) is 94.4 Å². The molecule has 7 heteroatoms. The van der Waals surface area contributed by atoms with Crippen LogP contribution in [0.5, 0.6) is 5.75 Å². The van der Waals surface area contributed by atoms with Gasteiger partial charge in [-0.05, 0) is 85.5 Å². The average molecular weight is 544 g/mol. The Hall–Kier alpha value is -4.80. The largest absolute Gasteiger partial charge is 0.493 e. The van der Waals surface area contributed by atoms with Gasteiger partial charge in [-0.25, -0.2) is 14.8 Å². The highest BCUT2D eigenvalue weighted by atomic mass is 16.5. The number of hydrogen-bond acceptors (Lipinski definition) is 6. The van der Waals surface area contributed by atoms with Gasteiger partial charge < -0.3 is 14.6 Å². The number of carbonyl (C=O) groups is 1. The Bertz CT molecular complexity index is 1870. The van der Waals surface area contributed by atoms with E-state index in [4.69, 9.17) is 14.5 Å². The molecule has 1 aliphatic rings. The molecule has 0 radical (unpaired) electrons. The van der Waals surface area contributed by atoms with Crippen molar-refractivity contribution >= 4 is 27.6 Å². The zero-order chi connectivity index (χ0) is 28.7. The molecule has 0 unspecified atom stereocenters. The molecule has 0 fully saturated rings. The van der Waals surface area contributed by atoms with Crippen molar-refractivity contribution in [2.45, 2.75) is 45.8 Å². The number of rotatable bonds is 4. The van der Waals surface area contributed by atoms with Gasteiger partial charge in [-0.1, -0.05) is 24.0 Å². The molecule has 3 heterocycles. The monoisotopic (exact) mass is 543 g/mol. The maximum absolute atomic E-state index is 12.8. The van der Waals surface area contributed by atoms with Crippen LogP contribution in [0.4, 0.5) is 0 Å². The summed E-state index contributed by atoms with van der Waals surface area (Å²) < 4.78 is 12.2. The molecule has 0 aliphatic carbocycles. The molecule has 0 saturated heterocycles. The molecule has 3 aromatic carbocycles. The molecule has 0 amide bonds. The van der Waals surface area contributed by atoms with E-state index in [-0.39, 0.29) is 0 Å². The third kappa shape index (κ3) is 5.10. The molecule has 1 aliphatic heterocycles. The Morgan fingerprint density at radius 1 is 1.05 bits per heavy atom. The summed E-state index contributed by atoms with van der Waals surface area (Å²) in [6.45, 7) is 8.14. The number of ether oxygens (including phenoxy) is 2. The van der Waals surface area contributed by atoms with Gasteiger partial charge in [-0.3, -0.25) is 4.98 Å². The minimum atomic E-state index is -1.19. The van der Waals surface area contributed by atoms with Crippen molar-refractivity contribution in [1.82, 2.24) is 15.0 Å². The SMILES string of the molecule is Cc1cc2cc(C#Cc3cncnc3)ccc2c(-c2ccc3c4c(ccnc24)CCO3)c1[C@H](OC(C)(C)C)C(=O)O. The Balaban J connectivity index is 1.64. The van der Waals surface area contributed by atoms with Crippen LogP contribution in [0.2, 0.25) is 0 Å². The Labute approximate surface area is 238 Å². The third-order valence-electron chi connectivity index (χ3n) is 7.10. The second-order valence-corrected chi connectivity index (χ2v) is 11.1. The average Bonchev–Trinajstić information content (AvgIpc) is 2.95. The lowest BCUT2D eigenvalue weighted by molar-refractivity contribution is -0.160. The molecule has 0 bridgehead atoms. The molecule has 6 rings (SSSR count). The molecule has 1 atom stereocenters. The maximum Gasteiger partial charge on any atom is 0.337 e. The molecule has 41 heavy (non-hydrogen) atoms. The van der Waals surface area contributed by atoms with Crippen molar-refractivity contribution in [3.8, 4) is 28.7 Å². The fourth-order valence-corrected chi connectivity index (χ4v) is 5.47. The molecule has 0 saturated carbocycles. The minimum Gasteiger partial charge on any atom is -0.493 e. The van der Waals surface area contributed by atoms with E-state index >= 15 is 0 Å². The Morgan fingerprint density at radius 3 is 2.59 bits per heavy atom. The second kappa shape index (κ2) is 10.3. The predicted molar refractivity (Wildman–Crippen MR) is 158 cm³/mol. The summed E-state index contributed by atoms with van der Waals surface area (Å²) in [5.41, 5.74) is 5.85. The van der Waals surface area contributed by atoms with Crippen LogP contribution in [0.3, 0.4) is 0 Å². The number of benzene rings is 3. The first kappa shape index (κ1) is 26.4. The van der Waals surface area contributed by atoms with Crippen LogP contribution in [0.25, 0.3) is 32.8 Å². The van der Waals surface area contributed by atoms with Crippen LogP contribution < -0.4 is 4.74 Å². The summed E-state index contributed by atoms with van der Waals surface area (Å²) in [6.07, 6.45) is 6.23. The molecule has 0 spiro atoms. The number of hydrogen-bond donors (Lipinski definition) is 1. The van der Waals surface area contributed by atoms with Gasteiger partial charge in [-0.15, -0.1) is 0 Å². The number of aryl methyl sites for hydroxylation is 1. The molecular weight excluding hydrogens is 514 g/mol. The van der Waals surface area contributed by atoms with E-state index in [1.54, 1.807) is 12.4 Å². The molecule has 7 nitrogen and oxygen atoms in total. The second-order valence-electron chi connectivity index (χ2n) is 11.1. The fourth-order valence-electron chi connectivity index (χ4n) is 5.47. The van der Waals surface area contributed by atoms with Crippen LogP contribution in [0.15, 0.2) is 67.4 Å². The van der Waals surface area contributed by atoms with E-state index in [9.17, 15) is 9.90 Å². The maximum atomic E-state index is 12.8. The number of pyridine rings is 1. The number of aliphatic carboxylic acids is 1. The van der Waals surface area contributed by atoms with Crippen LogP contribution in [-0.2, 0) is 16.0 Å². The van der Waals surface area contributed by atoms with Gasteiger partial charge in [0, 0.05) is 47.1 Å². The lowest BCUT2D eigenvalue weighted by atomic mass is 9.85. The van der Waals surface area contributed by atoms with E-state index in [2.05, 4.69) is 21.8 Å². The summed E-state index contributed by atoms with van der Waals surface area (Å²) in [5.74, 6) is 6.06. The van der Waals surface area contributed by atoms with E-state index in [1.807, 2.05) is 76.4 Å². The highest BCUT2D eigenvalue weighted by molar-refractivity contribution is 6.09. The molecule has 2 aromatic heterocycles. The van der Waals surface area contributed by atoms with Gasteiger partial charge in [0.15, 0.2) is 6.10 Å². The van der Waals surface area contributed by atoms with Crippen LogP contribution in [0.1, 0.15) is 54.7 Å². The van der Waals surface area contributed by atoms with E-state index in [1.165, 1.54) is 11.9 Å². The third-order valence-corrected chi connectivity index (χ3v) is 7.10. The van der Waals surface area contributed by atoms with Crippen LogP contribution in [-0.4, -0.2) is 38.2 Å². The summed E-state index contributed by atoms with van der Waals surface area (Å²) in [5, 5.41) is 13.2. The number of fused-ring (bicyclic) bond motifs is 1. The molecule has 1 N–H and O–H groups in total. The quantitative estimate of drug-likeness (QED) is 0.261. The first-order valence-corrected chi connectivity index (χ1v) is 13.5. The fraction of sp³-hybridized carbons (Fsp3) is 0.235. The van der Waals surface area contributed by atoms with Crippen molar-refractivity contribution < 1.29 is 19.4 Å². The lowest BCUT2D eigenvalue weighted by Crippen LogP contribution is -2.28. The van der Waals surface area contributed by atoms with E-state index < -0.39 is 17.7 Å². The van der Waals surface area contributed by atoms with Gasteiger partial charge in [0.2, 0.25) is 0 Å². The highest BCUT2D eigenvalue weighted by Crippen LogP contribution is 2.45. The van der Waals surface area contributed by atoms with Crippen molar-refractivity contribution in [3.63, 3.8) is 0 Å². The summed E-state index contributed by atoms with van der Waals surface area (Å²) in [7, 11) is 0. The normalized spacial score (nSPS) is 13.4. The molecule has 204 valence electrons. The number of carboxylic acid groups (broad SMARTS) is 1. The van der Waals surface area contributed by atoms with Gasteiger partial charge in [0.1, 0.15) is 12.1 Å². The molecule has 5 aromatic rings. The van der Waals surface area contributed by atoms with Crippen LogP contribution >= 0.6 is 0 Å². The van der Waals surface area contributed by atoms with Gasteiger partial charge in [0.05, 0.1) is 23.3 Å². The summed E-state index contributed by atoms with van der Waals surface area (Å²) in [4.78, 5) is 25.6. The Morgan fingerprint density at radius 2 is 1.83 bits per heavy atom.